The lowest BCUT2D eigenvalue weighted by Gasteiger charge is -2.12. The fourth-order valence-electron chi connectivity index (χ4n) is 1.32. The van der Waals surface area contributed by atoms with Crippen molar-refractivity contribution < 1.29 is 14.3 Å². The molecule has 1 rings (SSSR count). The van der Waals surface area contributed by atoms with Gasteiger partial charge in [0.25, 0.3) is 5.91 Å². The Morgan fingerprint density at radius 2 is 2.00 bits per heavy atom. The molecule has 0 saturated heterocycles. The van der Waals surface area contributed by atoms with E-state index in [4.69, 9.17) is 11.6 Å². The van der Waals surface area contributed by atoms with Crippen molar-refractivity contribution in [3.63, 3.8) is 0 Å². The first kappa shape index (κ1) is 15.4. The zero-order chi connectivity index (χ0) is 14.6. The number of hydrogen-bond donors (Lipinski definition) is 1. The van der Waals surface area contributed by atoms with E-state index in [0.29, 0.717) is 5.82 Å². The highest BCUT2D eigenvalue weighted by molar-refractivity contribution is 6.33. The first-order valence-electron chi connectivity index (χ1n) is 5.78. The Labute approximate surface area is 116 Å². The van der Waals surface area contributed by atoms with Gasteiger partial charge >= 0.3 is 5.97 Å². The summed E-state index contributed by atoms with van der Waals surface area (Å²) < 4.78 is 4.52. The summed E-state index contributed by atoms with van der Waals surface area (Å²) in [6.07, 6.45) is 1.38. The molecular formula is C12H16ClN3O3. The van der Waals surface area contributed by atoms with Crippen molar-refractivity contribution in [1.82, 2.24) is 15.3 Å². The van der Waals surface area contributed by atoms with Crippen molar-refractivity contribution in [3.8, 4) is 0 Å². The summed E-state index contributed by atoms with van der Waals surface area (Å²) in [5, 5.41) is 2.60. The molecule has 0 radical (unpaired) electrons. The van der Waals surface area contributed by atoms with E-state index in [1.807, 2.05) is 13.8 Å². The van der Waals surface area contributed by atoms with Gasteiger partial charge in [0.05, 0.1) is 18.3 Å². The van der Waals surface area contributed by atoms with Crippen LogP contribution in [0.2, 0.25) is 5.02 Å². The van der Waals surface area contributed by atoms with Gasteiger partial charge in [0, 0.05) is 5.92 Å². The standard InChI is InChI=1S/C12H16ClN3O3/c1-6(2)10-14-5-8(13)9(16-10)11(17)15-7(3)12(18)19-4/h5-7H,1-4H3,(H,15,17)/t7-/m0/s1. The number of carbonyl (C=O) groups is 2. The Morgan fingerprint density at radius 1 is 1.37 bits per heavy atom. The predicted molar refractivity (Wildman–Crippen MR) is 70.1 cm³/mol. The molecule has 1 heterocycles. The molecule has 1 atom stereocenters. The van der Waals surface area contributed by atoms with Gasteiger partial charge < -0.3 is 10.1 Å². The highest BCUT2D eigenvalue weighted by Crippen LogP contribution is 2.16. The summed E-state index contributed by atoms with van der Waals surface area (Å²) >= 11 is 5.89. The Bertz CT molecular complexity index is 491. The topological polar surface area (TPSA) is 81.2 Å². The lowest BCUT2D eigenvalue weighted by atomic mass is 10.2. The Balaban J connectivity index is 2.93. The number of nitrogens with one attached hydrogen (secondary N) is 1. The molecule has 0 aliphatic heterocycles. The van der Waals surface area contributed by atoms with Gasteiger partial charge in [-0.2, -0.15) is 0 Å². The number of ether oxygens (including phenoxy) is 1. The maximum atomic E-state index is 12.0. The zero-order valence-electron chi connectivity index (χ0n) is 11.2. The second-order valence-corrected chi connectivity index (χ2v) is 4.70. The van der Waals surface area contributed by atoms with Gasteiger partial charge in [0.1, 0.15) is 17.6 Å². The van der Waals surface area contributed by atoms with Crippen molar-refractivity contribution in [2.45, 2.75) is 32.7 Å². The van der Waals surface area contributed by atoms with Crippen LogP contribution < -0.4 is 5.32 Å². The molecule has 0 saturated carbocycles. The zero-order valence-corrected chi connectivity index (χ0v) is 12.0. The molecule has 0 unspecified atom stereocenters. The van der Waals surface area contributed by atoms with Crippen LogP contribution in [0.15, 0.2) is 6.20 Å². The van der Waals surface area contributed by atoms with Crippen molar-refractivity contribution >= 4 is 23.5 Å². The molecular weight excluding hydrogens is 270 g/mol. The van der Waals surface area contributed by atoms with E-state index in [0.717, 1.165) is 0 Å². The first-order chi connectivity index (χ1) is 8.86. The number of aromatic nitrogens is 2. The number of carbonyl (C=O) groups excluding carboxylic acids is 2. The third-order valence-corrected chi connectivity index (χ3v) is 2.67. The van der Waals surface area contributed by atoms with Gasteiger partial charge in [-0.1, -0.05) is 25.4 Å². The summed E-state index contributed by atoms with van der Waals surface area (Å²) in [4.78, 5) is 31.4. The molecule has 104 valence electrons. The van der Waals surface area contributed by atoms with Crippen LogP contribution in [0.1, 0.15) is 43.0 Å². The quantitative estimate of drug-likeness (QED) is 0.849. The number of hydrogen-bond acceptors (Lipinski definition) is 5. The lowest BCUT2D eigenvalue weighted by molar-refractivity contribution is -0.142. The Hall–Kier alpha value is -1.69. The average molecular weight is 286 g/mol. The fraction of sp³-hybridized carbons (Fsp3) is 0.500. The normalized spacial score (nSPS) is 12.1. The highest BCUT2D eigenvalue weighted by Gasteiger charge is 2.20. The van der Waals surface area contributed by atoms with Crippen molar-refractivity contribution in [1.29, 1.82) is 0 Å². The molecule has 0 fully saturated rings. The van der Waals surface area contributed by atoms with Crippen LogP contribution in [0.4, 0.5) is 0 Å². The van der Waals surface area contributed by atoms with E-state index < -0.39 is 17.9 Å². The fourth-order valence-corrected chi connectivity index (χ4v) is 1.50. The molecule has 7 heteroatoms. The molecule has 6 nitrogen and oxygen atoms in total. The van der Waals surface area contributed by atoms with Crippen LogP contribution in [0.25, 0.3) is 0 Å². The number of nitrogens with zero attached hydrogens (tertiary/aromatic N) is 2. The third-order valence-electron chi connectivity index (χ3n) is 2.40. The Kier molecular flexibility index (Phi) is 5.23. The van der Waals surface area contributed by atoms with Crippen LogP contribution in [0.3, 0.4) is 0 Å². The molecule has 19 heavy (non-hydrogen) atoms. The summed E-state index contributed by atoms with van der Waals surface area (Å²) in [7, 11) is 1.25. The monoisotopic (exact) mass is 285 g/mol. The van der Waals surface area contributed by atoms with Gasteiger partial charge in [0.15, 0.2) is 0 Å². The van der Waals surface area contributed by atoms with E-state index >= 15 is 0 Å². The predicted octanol–water partition coefficient (Wildman–Crippen LogP) is 1.54. The number of methoxy groups -OCH3 is 1. The van der Waals surface area contributed by atoms with Crippen molar-refractivity contribution in [2.75, 3.05) is 7.11 Å². The minimum atomic E-state index is -0.772. The minimum Gasteiger partial charge on any atom is -0.467 e. The highest BCUT2D eigenvalue weighted by atomic mass is 35.5. The van der Waals surface area contributed by atoms with Gasteiger partial charge in [-0.3, -0.25) is 4.79 Å². The van der Waals surface area contributed by atoms with Gasteiger partial charge in [-0.05, 0) is 6.92 Å². The van der Waals surface area contributed by atoms with Crippen LogP contribution in [0.5, 0.6) is 0 Å². The molecule has 1 aromatic rings. The van der Waals surface area contributed by atoms with E-state index in [2.05, 4.69) is 20.0 Å². The van der Waals surface area contributed by atoms with Gasteiger partial charge in [-0.15, -0.1) is 0 Å². The molecule has 0 aliphatic rings. The van der Waals surface area contributed by atoms with E-state index in [1.54, 1.807) is 0 Å². The van der Waals surface area contributed by atoms with E-state index in [9.17, 15) is 9.59 Å². The lowest BCUT2D eigenvalue weighted by Crippen LogP contribution is -2.39. The maximum absolute atomic E-state index is 12.0. The largest absolute Gasteiger partial charge is 0.467 e. The van der Waals surface area contributed by atoms with Crippen LogP contribution in [-0.4, -0.2) is 35.0 Å². The number of esters is 1. The van der Waals surface area contributed by atoms with Crippen LogP contribution >= 0.6 is 11.6 Å². The average Bonchev–Trinajstić information content (AvgIpc) is 2.37. The van der Waals surface area contributed by atoms with Crippen LogP contribution in [0, 0.1) is 0 Å². The molecule has 1 aromatic heterocycles. The second-order valence-electron chi connectivity index (χ2n) is 4.30. The SMILES string of the molecule is COC(=O)[C@H](C)NC(=O)c1nc(C(C)C)ncc1Cl. The molecule has 1 amide bonds. The van der Waals surface area contributed by atoms with Gasteiger partial charge in [0.2, 0.25) is 0 Å². The van der Waals surface area contributed by atoms with Crippen LogP contribution in [-0.2, 0) is 9.53 Å². The number of amides is 1. The maximum Gasteiger partial charge on any atom is 0.328 e. The number of rotatable bonds is 4. The molecule has 0 aliphatic carbocycles. The van der Waals surface area contributed by atoms with Crippen molar-refractivity contribution in [2.24, 2.45) is 0 Å². The Morgan fingerprint density at radius 3 is 2.53 bits per heavy atom. The molecule has 1 N–H and O–H groups in total. The van der Waals surface area contributed by atoms with E-state index in [-0.39, 0.29) is 16.6 Å². The molecule has 0 bridgehead atoms. The molecule has 0 spiro atoms. The smallest absolute Gasteiger partial charge is 0.328 e. The summed E-state index contributed by atoms with van der Waals surface area (Å²) in [5.74, 6) is -0.489. The summed E-state index contributed by atoms with van der Waals surface area (Å²) in [6, 6.07) is -0.772. The van der Waals surface area contributed by atoms with E-state index in [1.165, 1.54) is 20.2 Å². The number of halogens is 1. The third kappa shape index (κ3) is 3.89. The minimum absolute atomic E-state index is 0.0520. The second kappa shape index (κ2) is 6.47. The first-order valence-corrected chi connectivity index (χ1v) is 6.15. The summed E-state index contributed by atoms with van der Waals surface area (Å²) in [6.45, 7) is 5.33. The molecule has 0 aromatic carbocycles. The van der Waals surface area contributed by atoms with Gasteiger partial charge in [-0.25, -0.2) is 14.8 Å². The van der Waals surface area contributed by atoms with Crippen molar-refractivity contribution in [3.05, 3.63) is 22.7 Å². The summed E-state index contributed by atoms with van der Waals surface area (Å²) in [5.41, 5.74) is 0.0520.